The largest absolute Gasteiger partial charge is 0.336 e. The van der Waals surface area contributed by atoms with Gasteiger partial charge in [-0.3, -0.25) is 4.90 Å². The fourth-order valence-electron chi connectivity index (χ4n) is 3.11. The van der Waals surface area contributed by atoms with E-state index in [9.17, 15) is 4.79 Å². The lowest BCUT2D eigenvalue weighted by Gasteiger charge is -2.29. The van der Waals surface area contributed by atoms with Crippen LogP contribution in [0.3, 0.4) is 0 Å². The van der Waals surface area contributed by atoms with Gasteiger partial charge in [0.25, 0.3) is 0 Å². The first-order chi connectivity index (χ1) is 13.6. The Morgan fingerprint density at radius 3 is 2.75 bits per heavy atom. The fourth-order valence-corrected chi connectivity index (χ4v) is 3.82. The highest BCUT2D eigenvalue weighted by Crippen LogP contribution is 2.23. The summed E-state index contributed by atoms with van der Waals surface area (Å²) in [7, 11) is 0. The quantitative estimate of drug-likeness (QED) is 0.607. The highest BCUT2D eigenvalue weighted by molar-refractivity contribution is 7.07. The molecule has 148 valence electrons. The van der Waals surface area contributed by atoms with Crippen molar-refractivity contribution in [2.75, 3.05) is 25.0 Å². The molecule has 0 saturated carbocycles. The maximum absolute atomic E-state index is 12.6. The highest BCUT2D eigenvalue weighted by Gasteiger charge is 2.19. The Bertz CT molecular complexity index is 876. The van der Waals surface area contributed by atoms with Crippen molar-refractivity contribution in [3.05, 3.63) is 52.5 Å². The van der Waals surface area contributed by atoms with Gasteiger partial charge in [0, 0.05) is 12.2 Å². The van der Waals surface area contributed by atoms with Crippen LogP contribution >= 0.6 is 11.3 Å². The van der Waals surface area contributed by atoms with Gasteiger partial charge in [-0.25, -0.2) is 9.48 Å². The van der Waals surface area contributed by atoms with Crippen molar-refractivity contribution in [2.24, 2.45) is 0 Å². The Hall–Kier alpha value is -2.78. The Balaban J connectivity index is 1.67. The molecule has 2 amide bonds. The van der Waals surface area contributed by atoms with Crippen LogP contribution in [0.2, 0.25) is 0 Å². The van der Waals surface area contributed by atoms with E-state index in [4.69, 9.17) is 0 Å². The number of likely N-dealkylation sites (N-methyl/N-ethyl adjacent to an activating group) is 1. The molecule has 3 rings (SSSR count). The Morgan fingerprint density at radius 1 is 1.29 bits per heavy atom. The number of carbonyl (C=O) groups is 1. The van der Waals surface area contributed by atoms with Crippen LogP contribution in [-0.4, -0.2) is 50.8 Å². The number of anilines is 1. The second kappa shape index (κ2) is 9.43. The average molecular weight is 400 g/mol. The van der Waals surface area contributed by atoms with Gasteiger partial charge in [-0.15, -0.1) is 5.10 Å². The van der Waals surface area contributed by atoms with E-state index in [1.54, 1.807) is 16.0 Å². The standard InChI is InChI=1S/C19H25N7OS/c1-4-25(5-2)18(15-8-9-28-12-15)11-20-19(27)22-17-10-16(7-6-14(17)3)26-13-21-23-24-26/h6-10,12-13,18H,4-5,11H2,1-3H3,(H2,20,22,27)/t18-/m0/s1. The number of benzene rings is 1. The van der Waals surface area contributed by atoms with Crippen molar-refractivity contribution in [1.29, 1.82) is 0 Å². The van der Waals surface area contributed by atoms with Crippen LogP contribution in [0, 0.1) is 6.92 Å². The molecule has 0 aliphatic carbocycles. The van der Waals surface area contributed by atoms with Gasteiger partial charge in [-0.2, -0.15) is 11.3 Å². The highest BCUT2D eigenvalue weighted by atomic mass is 32.1. The lowest BCUT2D eigenvalue weighted by molar-refractivity contribution is 0.210. The van der Waals surface area contributed by atoms with Crippen LogP contribution < -0.4 is 10.6 Å². The zero-order valence-corrected chi connectivity index (χ0v) is 17.1. The van der Waals surface area contributed by atoms with Crippen molar-refractivity contribution in [1.82, 2.24) is 30.4 Å². The lowest BCUT2D eigenvalue weighted by atomic mass is 10.1. The van der Waals surface area contributed by atoms with Crippen molar-refractivity contribution in [2.45, 2.75) is 26.8 Å². The van der Waals surface area contributed by atoms with Gasteiger partial charge in [-0.05, 0) is 70.5 Å². The molecule has 0 radical (unpaired) electrons. The predicted octanol–water partition coefficient (Wildman–Crippen LogP) is 3.24. The number of thiophene rings is 1. The van der Waals surface area contributed by atoms with E-state index in [1.807, 2.05) is 25.1 Å². The number of amides is 2. The fraction of sp³-hybridized carbons (Fsp3) is 0.368. The predicted molar refractivity (Wildman–Crippen MR) is 111 cm³/mol. The van der Waals surface area contributed by atoms with Crippen LogP contribution in [0.15, 0.2) is 41.4 Å². The second-order valence-electron chi connectivity index (χ2n) is 6.38. The maximum Gasteiger partial charge on any atom is 0.319 e. The first-order valence-electron chi connectivity index (χ1n) is 9.27. The molecule has 0 spiro atoms. The summed E-state index contributed by atoms with van der Waals surface area (Å²) < 4.78 is 1.55. The number of tetrazole rings is 1. The van der Waals surface area contributed by atoms with E-state index in [2.05, 4.69) is 61.7 Å². The SMILES string of the molecule is CCN(CC)[C@@H](CNC(=O)Nc1cc(-n2cnnn2)ccc1C)c1ccsc1. The zero-order valence-electron chi connectivity index (χ0n) is 16.3. The van der Waals surface area contributed by atoms with E-state index in [0.29, 0.717) is 6.54 Å². The van der Waals surface area contributed by atoms with Crippen LogP contribution in [0.1, 0.15) is 31.0 Å². The third kappa shape index (κ3) is 4.73. The molecule has 9 heteroatoms. The minimum atomic E-state index is -0.232. The molecule has 0 aliphatic heterocycles. The van der Waals surface area contributed by atoms with Crippen LogP contribution in [0.5, 0.6) is 0 Å². The number of urea groups is 1. The van der Waals surface area contributed by atoms with Crippen LogP contribution in [0.25, 0.3) is 5.69 Å². The summed E-state index contributed by atoms with van der Waals surface area (Å²) in [5.74, 6) is 0. The molecule has 3 aromatic rings. The summed E-state index contributed by atoms with van der Waals surface area (Å²) >= 11 is 1.67. The number of hydrogen-bond donors (Lipinski definition) is 2. The van der Waals surface area contributed by atoms with E-state index in [0.717, 1.165) is 30.0 Å². The number of nitrogens with one attached hydrogen (secondary N) is 2. The number of carbonyl (C=O) groups excluding carboxylic acids is 1. The molecule has 0 bridgehead atoms. The molecular formula is C19H25N7OS. The van der Waals surface area contributed by atoms with Gasteiger partial charge >= 0.3 is 6.03 Å². The molecule has 2 heterocycles. The molecule has 1 atom stereocenters. The third-order valence-electron chi connectivity index (χ3n) is 4.72. The molecule has 0 saturated heterocycles. The number of hydrogen-bond acceptors (Lipinski definition) is 6. The minimum absolute atomic E-state index is 0.153. The topological polar surface area (TPSA) is 88.0 Å². The first kappa shape index (κ1) is 20.0. The van der Waals surface area contributed by atoms with E-state index >= 15 is 0 Å². The second-order valence-corrected chi connectivity index (χ2v) is 7.16. The number of aryl methyl sites for hydroxylation is 1. The van der Waals surface area contributed by atoms with Gasteiger partial charge in [-0.1, -0.05) is 19.9 Å². The monoisotopic (exact) mass is 399 g/mol. The smallest absolute Gasteiger partial charge is 0.319 e. The van der Waals surface area contributed by atoms with E-state index in [1.165, 1.54) is 11.9 Å². The van der Waals surface area contributed by atoms with Gasteiger partial charge < -0.3 is 10.6 Å². The third-order valence-corrected chi connectivity index (χ3v) is 5.42. The maximum atomic E-state index is 12.6. The van der Waals surface area contributed by atoms with Crippen molar-refractivity contribution < 1.29 is 4.79 Å². The zero-order chi connectivity index (χ0) is 19.9. The molecule has 2 aromatic heterocycles. The lowest BCUT2D eigenvalue weighted by Crippen LogP contribution is -2.39. The Kier molecular flexibility index (Phi) is 6.72. The summed E-state index contributed by atoms with van der Waals surface area (Å²) in [6.07, 6.45) is 1.52. The molecule has 0 fully saturated rings. The van der Waals surface area contributed by atoms with Crippen LogP contribution in [0.4, 0.5) is 10.5 Å². The van der Waals surface area contributed by atoms with E-state index in [-0.39, 0.29) is 12.1 Å². The van der Waals surface area contributed by atoms with Gasteiger partial charge in [0.05, 0.1) is 11.7 Å². The number of nitrogens with zero attached hydrogens (tertiary/aromatic N) is 5. The summed E-state index contributed by atoms with van der Waals surface area (Å²) in [6, 6.07) is 7.72. The van der Waals surface area contributed by atoms with Crippen molar-refractivity contribution in [3.8, 4) is 5.69 Å². The number of aromatic nitrogens is 4. The Labute approximate surface area is 168 Å². The minimum Gasteiger partial charge on any atom is -0.336 e. The summed E-state index contributed by atoms with van der Waals surface area (Å²) in [5, 5.41) is 21.3. The summed E-state index contributed by atoms with van der Waals surface area (Å²) in [4.78, 5) is 14.9. The number of rotatable bonds is 8. The Morgan fingerprint density at radius 2 is 2.11 bits per heavy atom. The normalized spacial score (nSPS) is 12.1. The molecule has 0 unspecified atom stereocenters. The molecule has 2 N–H and O–H groups in total. The average Bonchev–Trinajstić information content (AvgIpc) is 3.41. The van der Waals surface area contributed by atoms with Gasteiger partial charge in [0.1, 0.15) is 6.33 Å². The first-order valence-corrected chi connectivity index (χ1v) is 10.2. The summed E-state index contributed by atoms with van der Waals surface area (Å²) in [5.41, 5.74) is 3.70. The molecule has 1 aromatic carbocycles. The molecule has 8 nitrogen and oxygen atoms in total. The van der Waals surface area contributed by atoms with E-state index < -0.39 is 0 Å². The molecule has 0 aliphatic rings. The summed E-state index contributed by atoms with van der Waals surface area (Å²) in [6.45, 7) is 8.60. The van der Waals surface area contributed by atoms with Gasteiger partial charge in [0.2, 0.25) is 0 Å². The van der Waals surface area contributed by atoms with Crippen LogP contribution in [-0.2, 0) is 0 Å². The van der Waals surface area contributed by atoms with Crippen molar-refractivity contribution >= 4 is 23.1 Å². The van der Waals surface area contributed by atoms with Gasteiger partial charge in [0.15, 0.2) is 0 Å². The van der Waals surface area contributed by atoms with Crippen molar-refractivity contribution in [3.63, 3.8) is 0 Å². The molecular weight excluding hydrogens is 374 g/mol. The molecule has 28 heavy (non-hydrogen) atoms.